The number of aliphatic hydroxyl groups is 1. The van der Waals surface area contributed by atoms with Gasteiger partial charge in [-0.25, -0.2) is 0 Å². The highest BCUT2D eigenvalue weighted by Crippen LogP contribution is 2.27. The Morgan fingerprint density at radius 1 is 1.19 bits per heavy atom. The quantitative estimate of drug-likeness (QED) is 0.757. The monoisotopic (exact) mass is 297 g/mol. The lowest BCUT2D eigenvalue weighted by molar-refractivity contribution is -0.132. The Hall–Kier alpha value is -0.650. The van der Waals surface area contributed by atoms with Gasteiger partial charge in [0, 0.05) is 38.8 Å². The van der Waals surface area contributed by atoms with E-state index in [1.54, 1.807) is 0 Å². The van der Waals surface area contributed by atoms with Gasteiger partial charge in [0.15, 0.2) is 0 Å². The summed E-state index contributed by atoms with van der Waals surface area (Å²) in [6.45, 7) is 4.24. The number of nitrogens with one attached hydrogen (secondary N) is 1. The normalized spacial score (nSPS) is 23.2. The lowest BCUT2D eigenvalue weighted by Gasteiger charge is -2.34. The van der Waals surface area contributed by atoms with Crippen LogP contribution in [0.4, 0.5) is 0 Å². The second-order valence-corrected chi connectivity index (χ2v) is 6.58. The van der Waals surface area contributed by atoms with Crippen molar-refractivity contribution in [3.63, 3.8) is 0 Å². The number of hydrogen-bond acceptors (Lipinski definition) is 4. The van der Waals surface area contributed by atoms with Gasteiger partial charge in [0.25, 0.3) is 0 Å². The fourth-order valence-corrected chi connectivity index (χ4v) is 3.57. The van der Waals surface area contributed by atoms with Crippen LogP contribution in [0.15, 0.2) is 0 Å². The molecule has 0 aromatic rings. The van der Waals surface area contributed by atoms with Crippen molar-refractivity contribution in [2.45, 2.75) is 44.6 Å². The molecule has 122 valence electrons. The van der Waals surface area contributed by atoms with Crippen LogP contribution in [-0.2, 0) is 4.79 Å². The van der Waals surface area contributed by atoms with E-state index in [9.17, 15) is 9.90 Å². The first-order valence-corrected chi connectivity index (χ1v) is 8.51. The molecule has 1 heterocycles. The number of piperazine rings is 1. The summed E-state index contributed by atoms with van der Waals surface area (Å²) in [5.74, 6) is 0.841. The highest BCUT2D eigenvalue weighted by atomic mass is 16.3. The molecule has 0 radical (unpaired) electrons. The average Bonchev–Trinajstić information content (AvgIpc) is 2.52. The van der Waals surface area contributed by atoms with E-state index in [4.69, 9.17) is 0 Å². The van der Waals surface area contributed by atoms with Crippen molar-refractivity contribution in [3.05, 3.63) is 0 Å². The van der Waals surface area contributed by atoms with Crippen molar-refractivity contribution in [1.82, 2.24) is 15.1 Å². The highest BCUT2D eigenvalue weighted by Gasteiger charge is 2.25. The third-order valence-corrected chi connectivity index (χ3v) is 5.03. The lowest BCUT2D eigenvalue weighted by Crippen LogP contribution is -2.51. The van der Waals surface area contributed by atoms with Crippen LogP contribution in [-0.4, -0.2) is 73.2 Å². The number of carbonyl (C=O) groups is 1. The SMILES string of the molecule is CN1CCN(C(=O)CN[C@@H](CCO)C2CCCCC2)CC1. The third-order valence-electron chi connectivity index (χ3n) is 5.03. The Labute approximate surface area is 128 Å². The Bertz CT molecular complexity index is 311. The molecule has 1 saturated carbocycles. The van der Waals surface area contributed by atoms with E-state index in [1.165, 1.54) is 32.1 Å². The molecule has 1 aliphatic heterocycles. The van der Waals surface area contributed by atoms with E-state index >= 15 is 0 Å². The van der Waals surface area contributed by atoms with Gasteiger partial charge >= 0.3 is 0 Å². The van der Waals surface area contributed by atoms with Crippen molar-refractivity contribution < 1.29 is 9.90 Å². The minimum Gasteiger partial charge on any atom is -0.396 e. The van der Waals surface area contributed by atoms with Crippen molar-refractivity contribution in [3.8, 4) is 0 Å². The summed E-state index contributed by atoms with van der Waals surface area (Å²) in [6.07, 6.45) is 7.16. The largest absolute Gasteiger partial charge is 0.396 e. The van der Waals surface area contributed by atoms with Gasteiger partial charge in [-0.05, 0) is 32.2 Å². The summed E-state index contributed by atoms with van der Waals surface area (Å²) in [5, 5.41) is 12.7. The van der Waals surface area contributed by atoms with Gasteiger partial charge in [0.05, 0.1) is 6.54 Å². The minimum atomic E-state index is 0.205. The summed E-state index contributed by atoms with van der Waals surface area (Å²) in [4.78, 5) is 16.5. The molecule has 21 heavy (non-hydrogen) atoms. The second-order valence-electron chi connectivity index (χ2n) is 6.58. The summed E-state index contributed by atoms with van der Waals surface area (Å²) >= 11 is 0. The fourth-order valence-electron chi connectivity index (χ4n) is 3.57. The first-order chi connectivity index (χ1) is 10.2. The van der Waals surface area contributed by atoms with Crippen molar-refractivity contribution >= 4 is 5.91 Å². The minimum absolute atomic E-state index is 0.205. The van der Waals surface area contributed by atoms with Crippen LogP contribution in [0.1, 0.15) is 38.5 Å². The van der Waals surface area contributed by atoms with Gasteiger partial charge in [0.2, 0.25) is 5.91 Å². The molecule has 0 bridgehead atoms. The molecule has 1 atom stereocenters. The first kappa shape index (κ1) is 16.7. The van der Waals surface area contributed by atoms with Crippen molar-refractivity contribution in [1.29, 1.82) is 0 Å². The molecule has 0 unspecified atom stereocenters. The molecular formula is C16H31N3O2. The molecule has 0 aromatic heterocycles. The smallest absolute Gasteiger partial charge is 0.236 e. The van der Waals surface area contributed by atoms with E-state index in [1.807, 2.05) is 4.90 Å². The topological polar surface area (TPSA) is 55.8 Å². The second kappa shape index (κ2) is 8.71. The van der Waals surface area contributed by atoms with Gasteiger partial charge in [-0.2, -0.15) is 0 Å². The predicted molar refractivity (Wildman–Crippen MR) is 84.1 cm³/mol. The Morgan fingerprint density at radius 2 is 1.86 bits per heavy atom. The summed E-state index contributed by atoms with van der Waals surface area (Å²) in [7, 11) is 2.10. The van der Waals surface area contributed by atoms with E-state index in [0.717, 1.165) is 32.6 Å². The maximum absolute atomic E-state index is 12.3. The number of likely N-dealkylation sites (N-methyl/N-ethyl adjacent to an activating group) is 1. The van der Waals surface area contributed by atoms with Crippen molar-refractivity contribution in [2.24, 2.45) is 5.92 Å². The van der Waals surface area contributed by atoms with Gasteiger partial charge < -0.3 is 20.2 Å². The predicted octanol–water partition coefficient (Wildman–Crippen LogP) is 0.681. The molecule has 0 spiro atoms. The zero-order valence-corrected chi connectivity index (χ0v) is 13.4. The molecule has 2 N–H and O–H groups in total. The van der Waals surface area contributed by atoms with Gasteiger partial charge in [-0.15, -0.1) is 0 Å². The zero-order chi connectivity index (χ0) is 15.1. The highest BCUT2D eigenvalue weighted by molar-refractivity contribution is 5.78. The zero-order valence-electron chi connectivity index (χ0n) is 13.4. The molecule has 1 saturated heterocycles. The summed E-state index contributed by atoms with van der Waals surface area (Å²) in [6, 6.07) is 0.298. The molecule has 1 amide bonds. The van der Waals surface area contributed by atoms with Crippen LogP contribution in [0.3, 0.4) is 0 Å². The van der Waals surface area contributed by atoms with Crippen LogP contribution in [0, 0.1) is 5.92 Å². The van der Waals surface area contributed by atoms with Crippen LogP contribution >= 0.6 is 0 Å². The lowest BCUT2D eigenvalue weighted by atomic mass is 9.83. The average molecular weight is 297 g/mol. The van der Waals surface area contributed by atoms with Crippen LogP contribution < -0.4 is 5.32 Å². The number of rotatable bonds is 6. The van der Waals surface area contributed by atoms with Crippen LogP contribution in [0.5, 0.6) is 0 Å². The van der Waals surface area contributed by atoms with Crippen LogP contribution in [0.25, 0.3) is 0 Å². The van der Waals surface area contributed by atoms with E-state index in [2.05, 4.69) is 17.3 Å². The molecule has 2 rings (SSSR count). The van der Waals surface area contributed by atoms with Crippen LogP contribution in [0.2, 0.25) is 0 Å². The van der Waals surface area contributed by atoms with Crippen molar-refractivity contribution in [2.75, 3.05) is 46.4 Å². The summed E-state index contributed by atoms with van der Waals surface area (Å²) < 4.78 is 0. The number of hydrogen-bond donors (Lipinski definition) is 2. The molecule has 5 heteroatoms. The molecular weight excluding hydrogens is 266 g/mol. The molecule has 5 nitrogen and oxygen atoms in total. The maximum Gasteiger partial charge on any atom is 0.236 e. The Kier molecular flexibility index (Phi) is 6.93. The fraction of sp³-hybridized carbons (Fsp3) is 0.938. The third kappa shape index (κ3) is 5.24. The molecule has 1 aliphatic carbocycles. The number of aliphatic hydroxyl groups excluding tert-OH is 1. The molecule has 2 aliphatic rings. The molecule has 2 fully saturated rings. The van der Waals surface area contributed by atoms with Gasteiger partial charge in [0.1, 0.15) is 0 Å². The van der Waals surface area contributed by atoms with Gasteiger partial charge in [-0.3, -0.25) is 4.79 Å². The van der Waals surface area contributed by atoms with Gasteiger partial charge in [-0.1, -0.05) is 19.3 Å². The number of nitrogens with zero attached hydrogens (tertiary/aromatic N) is 2. The van der Waals surface area contributed by atoms with E-state index < -0.39 is 0 Å². The maximum atomic E-state index is 12.3. The number of carbonyl (C=O) groups excluding carboxylic acids is 1. The number of amides is 1. The standard InChI is InChI=1S/C16H31N3O2/c1-18-8-10-19(11-9-18)16(21)13-17-15(7-12-20)14-5-3-2-4-6-14/h14-15,17,20H,2-13H2,1H3/t15-/m0/s1. The molecule has 0 aromatic carbocycles. The first-order valence-electron chi connectivity index (χ1n) is 8.51. The Balaban J connectivity index is 1.76. The Morgan fingerprint density at radius 3 is 2.48 bits per heavy atom. The van der Waals surface area contributed by atoms with E-state index in [0.29, 0.717) is 18.5 Å². The van der Waals surface area contributed by atoms with E-state index in [-0.39, 0.29) is 12.5 Å². The summed E-state index contributed by atoms with van der Waals surface area (Å²) in [5.41, 5.74) is 0.